The second-order valence-corrected chi connectivity index (χ2v) is 21.3. The maximum absolute atomic E-state index is 12.9. The fourth-order valence-corrected chi connectivity index (χ4v) is 9.69. The second-order valence-electron chi connectivity index (χ2n) is 20.2. The van der Waals surface area contributed by atoms with E-state index in [0.717, 1.165) is 44.9 Å². The van der Waals surface area contributed by atoms with Crippen LogP contribution in [0, 0.1) is 0 Å². The molecule has 6 atom stereocenters. The fraction of sp³-hybridized carbons (Fsp3) is 0.912. The molecule has 70 heavy (non-hydrogen) atoms. The molecule has 0 radical (unpaired) electrons. The summed E-state index contributed by atoms with van der Waals surface area (Å²) in [6.45, 7) is 4.04. The van der Waals surface area contributed by atoms with Gasteiger partial charge >= 0.3 is 16.4 Å². The summed E-state index contributed by atoms with van der Waals surface area (Å²) in [6.07, 6.45) is 49.3. The van der Waals surface area contributed by atoms with Crippen molar-refractivity contribution in [1.82, 2.24) is 0 Å². The quantitative estimate of drug-likeness (QED) is 0.0196. The normalized spacial score (nSPS) is 19.2. The predicted molar refractivity (Wildman–Crippen MR) is 285 cm³/mol. The minimum absolute atomic E-state index is 0.0411. The molecule has 1 heterocycles. The highest BCUT2D eigenvalue weighted by Gasteiger charge is 2.48. The van der Waals surface area contributed by atoms with Crippen molar-refractivity contribution in [2.75, 3.05) is 26.4 Å². The van der Waals surface area contributed by atoms with Gasteiger partial charge in [0.25, 0.3) is 0 Å². The van der Waals surface area contributed by atoms with Crippen molar-refractivity contribution in [3.05, 3.63) is 24.3 Å². The van der Waals surface area contributed by atoms with Crippen molar-refractivity contribution in [3.63, 3.8) is 0 Å². The van der Waals surface area contributed by atoms with Gasteiger partial charge in [0.15, 0.2) is 6.29 Å². The molecule has 6 unspecified atom stereocenters. The smallest absolute Gasteiger partial charge is 0.397 e. The first-order valence-electron chi connectivity index (χ1n) is 29.1. The van der Waals surface area contributed by atoms with Crippen molar-refractivity contribution in [2.45, 2.75) is 307 Å². The van der Waals surface area contributed by atoms with Gasteiger partial charge in [-0.1, -0.05) is 244 Å². The van der Waals surface area contributed by atoms with E-state index in [4.69, 9.17) is 18.9 Å². The summed E-state index contributed by atoms with van der Waals surface area (Å²) in [7, 11) is -5.06. The van der Waals surface area contributed by atoms with Gasteiger partial charge in [0.2, 0.25) is 0 Å². The van der Waals surface area contributed by atoms with Gasteiger partial charge in [0, 0.05) is 13.0 Å². The van der Waals surface area contributed by atoms with Crippen LogP contribution in [0.1, 0.15) is 271 Å². The lowest BCUT2D eigenvalue weighted by Gasteiger charge is -2.41. The highest BCUT2D eigenvalue weighted by Crippen LogP contribution is 2.26. The van der Waals surface area contributed by atoms with Gasteiger partial charge in [-0.3, -0.25) is 9.35 Å². The Bertz CT molecular complexity index is 1310. The van der Waals surface area contributed by atoms with E-state index in [-0.39, 0.29) is 19.6 Å². The molecule has 0 aromatic carbocycles. The minimum atomic E-state index is -5.06. The van der Waals surface area contributed by atoms with Gasteiger partial charge in [0.1, 0.15) is 30.5 Å². The molecule has 0 aliphatic carbocycles. The molecule has 0 aromatic rings. The monoisotopic (exact) mass is 1020 g/mol. The Kier molecular flexibility index (Phi) is 46.2. The number of hydrogen-bond donors (Lipinski definition) is 4. The van der Waals surface area contributed by atoms with Crippen LogP contribution < -0.4 is 0 Å². The van der Waals surface area contributed by atoms with E-state index in [2.05, 4.69) is 42.3 Å². The summed E-state index contributed by atoms with van der Waals surface area (Å²) >= 11 is 0. The molecule has 1 saturated heterocycles. The first-order chi connectivity index (χ1) is 34.1. The number of aliphatic hydroxyl groups is 3. The first-order valence-corrected chi connectivity index (χ1v) is 30.5. The molecule has 0 amide bonds. The third-order valence-corrected chi connectivity index (χ3v) is 14.0. The largest absolute Gasteiger partial charge is 0.457 e. The van der Waals surface area contributed by atoms with Crippen LogP contribution in [0.25, 0.3) is 0 Å². The van der Waals surface area contributed by atoms with Crippen molar-refractivity contribution >= 4 is 16.4 Å². The minimum Gasteiger partial charge on any atom is -0.457 e. The summed E-state index contributed by atoms with van der Waals surface area (Å²) < 4.78 is 59.4. The Morgan fingerprint density at radius 1 is 0.543 bits per heavy atom. The number of carbonyl (C=O) groups is 1. The molecule has 414 valence electrons. The van der Waals surface area contributed by atoms with Gasteiger partial charge in [-0.15, -0.1) is 0 Å². The third kappa shape index (κ3) is 41.0. The van der Waals surface area contributed by atoms with Crippen molar-refractivity contribution in [3.8, 4) is 0 Å². The second kappa shape index (κ2) is 48.5. The summed E-state index contributed by atoms with van der Waals surface area (Å²) in [5.41, 5.74) is 0. The number of ether oxygens (including phenoxy) is 4. The van der Waals surface area contributed by atoms with Crippen LogP contribution in [-0.4, -0.2) is 97.5 Å². The summed E-state index contributed by atoms with van der Waals surface area (Å²) in [5.74, 6) is -0.393. The molecule has 1 aliphatic heterocycles. The van der Waals surface area contributed by atoms with E-state index in [9.17, 15) is 33.1 Å². The van der Waals surface area contributed by atoms with Gasteiger partial charge in [-0.05, 0) is 44.9 Å². The van der Waals surface area contributed by atoms with Crippen LogP contribution in [0.15, 0.2) is 24.3 Å². The molecule has 12 nitrogen and oxygen atoms in total. The molecule has 0 spiro atoms. The van der Waals surface area contributed by atoms with E-state index in [0.29, 0.717) is 13.0 Å². The summed E-state index contributed by atoms with van der Waals surface area (Å²) in [6, 6.07) is 0. The van der Waals surface area contributed by atoms with E-state index in [1.807, 2.05) is 0 Å². The predicted octanol–water partition coefficient (Wildman–Crippen LogP) is 14.3. The van der Waals surface area contributed by atoms with E-state index >= 15 is 0 Å². The highest BCUT2D eigenvalue weighted by atomic mass is 32.3. The molecule has 13 heteroatoms. The number of esters is 1. The van der Waals surface area contributed by atoms with Crippen LogP contribution in [0.5, 0.6) is 0 Å². The van der Waals surface area contributed by atoms with Crippen molar-refractivity contribution < 1.29 is 56.2 Å². The lowest BCUT2D eigenvalue weighted by molar-refractivity contribution is -0.301. The Morgan fingerprint density at radius 3 is 1.36 bits per heavy atom. The average molecular weight is 1020 g/mol. The zero-order valence-electron chi connectivity index (χ0n) is 44.8. The zero-order valence-corrected chi connectivity index (χ0v) is 45.7. The van der Waals surface area contributed by atoms with Crippen LogP contribution in [0.4, 0.5) is 0 Å². The number of allylic oxidation sites excluding steroid dienone is 4. The molecule has 1 fully saturated rings. The highest BCUT2D eigenvalue weighted by molar-refractivity contribution is 7.80. The van der Waals surface area contributed by atoms with Crippen molar-refractivity contribution in [2.24, 2.45) is 0 Å². The molecule has 0 aromatic heterocycles. The lowest BCUT2D eigenvalue weighted by atomic mass is 9.99. The summed E-state index contributed by atoms with van der Waals surface area (Å²) in [5, 5.41) is 30.8. The van der Waals surface area contributed by atoms with Crippen molar-refractivity contribution in [1.29, 1.82) is 0 Å². The van der Waals surface area contributed by atoms with Crippen LogP contribution in [-0.2, 0) is 38.3 Å². The van der Waals surface area contributed by atoms with Gasteiger partial charge in [-0.2, -0.15) is 8.42 Å². The topological polar surface area (TPSA) is 178 Å². The van der Waals surface area contributed by atoms with Gasteiger partial charge in [-0.25, -0.2) is 4.18 Å². The Morgan fingerprint density at radius 2 is 0.943 bits per heavy atom. The third-order valence-electron chi connectivity index (χ3n) is 13.6. The fourth-order valence-electron chi connectivity index (χ4n) is 9.18. The number of unbranched alkanes of at least 4 members (excludes halogenated alkanes) is 35. The van der Waals surface area contributed by atoms with Crippen LogP contribution >= 0.6 is 0 Å². The number of rotatable bonds is 52. The van der Waals surface area contributed by atoms with Crippen LogP contribution in [0.2, 0.25) is 0 Å². The standard InChI is InChI=1S/C57H108O12S/c1-3-5-7-9-11-13-15-17-19-21-22-23-24-25-26-27-28-29-31-33-35-37-39-41-43-45-47-65-49-51(50-66-57-55(61)56(69-70(62,63)64)54(60)52(48-58)68-57)67-53(59)46-44-42-40-38-36-34-32-30-20-18-16-14-12-10-8-6-4-2/h15,17,21-22,51-52,54-58,60-61H,3-14,16,18-20,23-50H2,1-2H3,(H,62,63,64)/b17-15-,22-21-. The zero-order chi connectivity index (χ0) is 51.0. The maximum Gasteiger partial charge on any atom is 0.397 e. The SMILES string of the molecule is CCCCCCC/C=C\C/C=C\CCCCCCCCCCCCCCCCOCC(COC1OC(CO)C(O)C(OS(=O)(=O)O)C1O)OC(=O)CCCCCCCCCCCCCCCCCCC. The van der Waals surface area contributed by atoms with E-state index in [1.54, 1.807) is 0 Å². The van der Waals surface area contributed by atoms with E-state index in [1.165, 1.54) is 199 Å². The molecule has 0 bridgehead atoms. The molecular formula is C57H108O12S. The molecular weight excluding hydrogens is 909 g/mol. The summed E-state index contributed by atoms with van der Waals surface area (Å²) in [4.78, 5) is 12.9. The molecule has 1 aliphatic rings. The van der Waals surface area contributed by atoms with E-state index < -0.39 is 59.8 Å². The first kappa shape index (κ1) is 66.6. The Hall–Kier alpha value is -1.42. The Labute approximate surface area is 429 Å². The Balaban J connectivity index is 2.26. The number of carbonyl (C=O) groups excluding carboxylic acids is 1. The maximum atomic E-state index is 12.9. The lowest BCUT2D eigenvalue weighted by Crippen LogP contribution is -2.60. The molecule has 1 rings (SSSR count). The molecule has 0 saturated carbocycles. The average Bonchev–Trinajstić information content (AvgIpc) is 3.34. The van der Waals surface area contributed by atoms with Crippen LogP contribution in [0.3, 0.4) is 0 Å². The van der Waals surface area contributed by atoms with Gasteiger partial charge < -0.3 is 34.3 Å². The number of aliphatic hydroxyl groups excluding tert-OH is 3. The van der Waals surface area contributed by atoms with Gasteiger partial charge in [0.05, 0.1) is 19.8 Å². The molecule has 4 N–H and O–H groups in total. The number of hydrogen-bond acceptors (Lipinski definition) is 11.